The quantitative estimate of drug-likeness (QED) is 0.404. The lowest BCUT2D eigenvalue weighted by Crippen LogP contribution is -2.29. The second-order valence-electron chi connectivity index (χ2n) is 6.62. The molecule has 1 amide bonds. The summed E-state index contributed by atoms with van der Waals surface area (Å²) in [5.74, 6) is -0.367. The summed E-state index contributed by atoms with van der Waals surface area (Å²) in [4.78, 5) is 12.5. The van der Waals surface area contributed by atoms with Crippen LogP contribution in [0.15, 0.2) is 60.7 Å². The number of carbonyl (C=O) groups is 1. The summed E-state index contributed by atoms with van der Waals surface area (Å²) in [5, 5.41) is 3.88. The number of nitrogens with zero attached hydrogens (tertiary/aromatic N) is 1. The van der Waals surface area contributed by atoms with Crippen molar-refractivity contribution < 1.29 is 13.2 Å². The zero-order chi connectivity index (χ0) is 22.8. The van der Waals surface area contributed by atoms with Crippen LogP contribution in [0.2, 0.25) is 20.1 Å². The van der Waals surface area contributed by atoms with E-state index in [-0.39, 0.29) is 28.2 Å². The minimum absolute atomic E-state index is 0.0177. The molecule has 162 valence electrons. The SMILES string of the molecule is CS(=O)(=O)N(Cc1ccc(C(=O)Nc2ccc(Cl)cc2Cl)cc1)c1cccc(Cl)c1Cl. The van der Waals surface area contributed by atoms with E-state index in [0.717, 1.165) is 10.6 Å². The fraction of sp³-hybridized carbons (Fsp3) is 0.0952. The lowest BCUT2D eigenvalue weighted by Gasteiger charge is -2.24. The van der Waals surface area contributed by atoms with Crippen LogP contribution >= 0.6 is 46.4 Å². The molecule has 0 fully saturated rings. The van der Waals surface area contributed by atoms with E-state index in [9.17, 15) is 13.2 Å². The smallest absolute Gasteiger partial charge is 0.255 e. The molecule has 5 nitrogen and oxygen atoms in total. The second-order valence-corrected chi connectivity index (χ2v) is 10.2. The molecule has 0 aliphatic heterocycles. The molecule has 0 saturated heterocycles. The van der Waals surface area contributed by atoms with Gasteiger partial charge in [-0.2, -0.15) is 0 Å². The van der Waals surface area contributed by atoms with Gasteiger partial charge in [-0.1, -0.05) is 64.6 Å². The van der Waals surface area contributed by atoms with E-state index in [0.29, 0.717) is 26.9 Å². The number of hydrogen-bond acceptors (Lipinski definition) is 3. The van der Waals surface area contributed by atoms with Crippen LogP contribution < -0.4 is 9.62 Å². The summed E-state index contributed by atoms with van der Waals surface area (Å²) in [6.45, 7) is 0.0177. The van der Waals surface area contributed by atoms with Crippen molar-refractivity contribution in [1.82, 2.24) is 0 Å². The van der Waals surface area contributed by atoms with Crippen molar-refractivity contribution in [2.45, 2.75) is 6.54 Å². The zero-order valence-corrected chi connectivity index (χ0v) is 19.9. The van der Waals surface area contributed by atoms with Crippen molar-refractivity contribution in [3.63, 3.8) is 0 Å². The summed E-state index contributed by atoms with van der Waals surface area (Å²) in [5.41, 5.74) is 1.74. The first-order valence-electron chi connectivity index (χ1n) is 8.83. The normalized spacial score (nSPS) is 11.3. The highest BCUT2D eigenvalue weighted by Gasteiger charge is 2.21. The minimum Gasteiger partial charge on any atom is -0.321 e. The van der Waals surface area contributed by atoms with E-state index in [1.165, 1.54) is 6.07 Å². The Balaban J connectivity index is 1.81. The van der Waals surface area contributed by atoms with Crippen molar-refractivity contribution in [3.05, 3.63) is 91.9 Å². The first-order valence-corrected chi connectivity index (χ1v) is 12.2. The van der Waals surface area contributed by atoms with E-state index in [2.05, 4.69) is 5.32 Å². The van der Waals surface area contributed by atoms with E-state index in [1.54, 1.807) is 54.6 Å². The molecule has 31 heavy (non-hydrogen) atoms. The number of anilines is 2. The molecule has 1 N–H and O–H groups in total. The van der Waals surface area contributed by atoms with E-state index >= 15 is 0 Å². The van der Waals surface area contributed by atoms with Gasteiger partial charge in [0.2, 0.25) is 10.0 Å². The minimum atomic E-state index is -3.65. The molecule has 0 spiro atoms. The Morgan fingerprint density at radius 2 is 1.61 bits per heavy atom. The van der Waals surface area contributed by atoms with Crippen molar-refractivity contribution in [3.8, 4) is 0 Å². The van der Waals surface area contributed by atoms with E-state index in [1.807, 2.05) is 0 Å². The van der Waals surface area contributed by atoms with Crippen molar-refractivity contribution >= 4 is 73.7 Å². The number of halogens is 4. The monoisotopic (exact) mass is 516 g/mol. The number of rotatable bonds is 6. The molecule has 0 aromatic heterocycles. The summed E-state index contributed by atoms with van der Waals surface area (Å²) in [7, 11) is -3.65. The van der Waals surface area contributed by atoms with Gasteiger partial charge in [0.1, 0.15) is 0 Å². The third kappa shape index (κ3) is 5.84. The number of hydrogen-bond donors (Lipinski definition) is 1. The number of benzene rings is 3. The third-order valence-corrected chi connectivity index (χ3v) is 6.81. The van der Waals surface area contributed by atoms with Gasteiger partial charge < -0.3 is 5.32 Å². The molecular formula is C21H16Cl4N2O3S. The predicted octanol–water partition coefficient (Wildman–Crippen LogP) is 6.52. The van der Waals surface area contributed by atoms with Crippen molar-refractivity contribution in [2.75, 3.05) is 15.9 Å². The van der Waals surface area contributed by atoms with Gasteiger partial charge in [-0.3, -0.25) is 9.10 Å². The summed E-state index contributed by atoms with van der Waals surface area (Å²) < 4.78 is 25.9. The van der Waals surface area contributed by atoms with Gasteiger partial charge in [0.05, 0.1) is 39.2 Å². The van der Waals surface area contributed by atoms with Gasteiger partial charge in [0.15, 0.2) is 0 Å². The Morgan fingerprint density at radius 1 is 0.935 bits per heavy atom. The Bertz CT molecular complexity index is 1230. The van der Waals surface area contributed by atoms with Crippen LogP contribution in [-0.2, 0) is 16.6 Å². The highest BCUT2D eigenvalue weighted by Crippen LogP contribution is 2.34. The number of nitrogens with one attached hydrogen (secondary N) is 1. The highest BCUT2D eigenvalue weighted by molar-refractivity contribution is 7.92. The largest absolute Gasteiger partial charge is 0.321 e. The molecule has 0 heterocycles. The van der Waals surface area contributed by atoms with Crippen LogP contribution in [0, 0.1) is 0 Å². The maximum atomic E-state index is 12.5. The summed E-state index contributed by atoms with van der Waals surface area (Å²) in [6.07, 6.45) is 1.09. The molecule has 0 bridgehead atoms. The molecule has 0 atom stereocenters. The molecule has 0 saturated carbocycles. The Morgan fingerprint density at radius 3 is 2.23 bits per heavy atom. The molecule has 0 aliphatic rings. The van der Waals surface area contributed by atoms with Crippen LogP contribution in [0.3, 0.4) is 0 Å². The van der Waals surface area contributed by atoms with E-state index < -0.39 is 10.0 Å². The molecule has 3 aromatic carbocycles. The Kier molecular flexibility index (Phi) is 7.39. The van der Waals surface area contributed by atoms with Crippen LogP contribution in [0.1, 0.15) is 15.9 Å². The molecule has 0 aliphatic carbocycles. The van der Waals surface area contributed by atoms with Crippen LogP contribution in [0.25, 0.3) is 0 Å². The first-order chi connectivity index (χ1) is 14.6. The first kappa shape index (κ1) is 23.7. The number of carbonyl (C=O) groups excluding carboxylic acids is 1. The number of amides is 1. The molecule has 10 heteroatoms. The van der Waals surface area contributed by atoms with Crippen molar-refractivity contribution in [2.24, 2.45) is 0 Å². The lowest BCUT2D eigenvalue weighted by molar-refractivity contribution is 0.102. The maximum Gasteiger partial charge on any atom is 0.255 e. The third-order valence-electron chi connectivity index (χ3n) is 4.32. The fourth-order valence-corrected chi connectivity index (χ4v) is 4.58. The van der Waals surface area contributed by atoms with Gasteiger partial charge in [0, 0.05) is 10.6 Å². The highest BCUT2D eigenvalue weighted by atomic mass is 35.5. The molecule has 3 rings (SSSR count). The molecule has 0 radical (unpaired) electrons. The van der Waals surface area contributed by atoms with Crippen LogP contribution in [0.5, 0.6) is 0 Å². The zero-order valence-electron chi connectivity index (χ0n) is 16.1. The lowest BCUT2D eigenvalue weighted by atomic mass is 10.1. The van der Waals surface area contributed by atoms with Gasteiger partial charge >= 0.3 is 0 Å². The summed E-state index contributed by atoms with van der Waals surface area (Å²) in [6, 6.07) is 16.0. The van der Waals surface area contributed by atoms with Gasteiger partial charge in [-0.15, -0.1) is 0 Å². The standard InChI is InChI=1S/C21H16Cl4N2O3S/c1-31(29,30)27(19-4-2-3-16(23)20(19)25)12-13-5-7-14(8-6-13)21(28)26-18-10-9-15(22)11-17(18)24/h2-11H,12H2,1H3,(H,26,28). The van der Waals surface area contributed by atoms with E-state index in [4.69, 9.17) is 46.4 Å². The topological polar surface area (TPSA) is 66.5 Å². The van der Waals surface area contributed by atoms with Gasteiger partial charge in [-0.25, -0.2) is 8.42 Å². The average molecular weight is 518 g/mol. The Labute approximate surface area is 200 Å². The second kappa shape index (κ2) is 9.67. The molecule has 3 aromatic rings. The average Bonchev–Trinajstić information content (AvgIpc) is 2.70. The summed E-state index contributed by atoms with van der Waals surface area (Å²) >= 11 is 24.2. The molecular weight excluding hydrogens is 502 g/mol. The predicted molar refractivity (Wildman–Crippen MR) is 128 cm³/mol. The fourth-order valence-electron chi connectivity index (χ4n) is 2.78. The maximum absolute atomic E-state index is 12.5. The van der Waals surface area contributed by atoms with Gasteiger partial charge in [0.25, 0.3) is 5.91 Å². The van der Waals surface area contributed by atoms with Crippen molar-refractivity contribution in [1.29, 1.82) is 0 Å². The Hall–Kier alpha value is -1.96. The van der Waals surface area contributed by atoms with Crippen LogP contribution in [-0.4, -0.2) is 20.6 Å². The molecule has 0 unspecified atom stereocenters. The van der Waals surface area contributed by atoms with Crippen LogP contribution in [0.4, 0.5) is 11.4 Å². The number of sulfonamides is 1. The van der Waals surface area contributed by atoms with Gasteiger partial charge in [-0.05, 0) is 48.0 Å².